The van der Waals surface area contributed by atoms with E-state index in [0.717, 1.165) is 30.8 Å². The minimum Gasteiger partial charge on any atom is -0.444 e. The van der Waals surface area contributed by atoms with Gasteiger partial charge in [-0.3, -0.25) is 0 Å². The van der Waals surface area contributed by atoms with Crippen molar-refractivity contribution >= 4 is 11.9 Å². The van der Waals surface area contributed by atoms with Crippen LogP contribution >= 0.6 is 0 Å². The van der Waals surface area contributed by atoms with Crippen LogP contribution in [0.4, 0.5) is 23.8 Å². The van der Waals surface area contributed by atoms with Crippen LogP contribution in [0.2, 0.25) is 0 Å². The van der Waals surface area contributed by atoms with Gasteiger partial charge in [0.15, 0.2) is 5.82 Å². The predicted octanol–water partition coefficient (Wildman–Crippen LogP) is 5.17. The van der Waals surface area contributed by atoms with Gasteiger partial charge in [0.1, 0.15) is 11.4 Å². The summed E-state index contributed by atoms with van der Waals surface area (Å²) in [5.74, 6) is 0.507. The number of hydrogen-bond acceptors (Lipinski definition) is 5. The van der Waals surface area contributed by atoms with Crippen molar-refractivity contribution in [2.45, 2.75) is 58.9 Å². The maximum atomic E-state index is 12.5. The van der Waals surface area contributed by atoms with Crippen molar-refractivity contribution in [2.75, 3.05) is 31.1 Å². The number of carbonyl (C=O) groups excluding carboxylic acids is 1. The fraction of sp³-hybridized carbons (Fsp3) is 0.565. The van der Waals surface area contributed by atoms with Crippen LogP contribution in [0.3, 0.4) is 0 Å². The van der Waals surface area contributed by atoms with E-state index in [4.69, 9.17) is 9.84 Å². The highest BCUT2D eigenvalue weighted by atomic mass is 19.4. The normalized spacial score (nSPS) is 15.0. The highest BCUT2D eigenvalue weighted by Gasteiger charge is 2.31. The number of anilines is 1. The van der Waals surface area contributed by atoms with Gasteiger partial charge >= 0.3 is 12.5 Å². The molecular weight excluding hydrogens is 437 g/mol. The number of halogens is 3. The molecule has 0 radical (unpaired) electrons. The summed E-state index contributed by atoms with van der Waals surface area (Å²) >= 11 is 0. The second kappa shape index (κ2) is 9.93. The second-order valence-electron chi connectivity index (χ2n) is 9.01. The zero-order chi connectivity index (χ0) is 24.2. The molecule has 0 bridgehead atoms. The van der Waals surface area contributed by atoms with Gasteiger partial charge in [0.05, 0.1) is 5.69 Å². The molecule has 2 heterocycles. The van der Waals surface area contributed by atoms with Crippen LogP contribution in [-0.4, -0.2) is 58.9 Å². The first-order valence-electron chi connectivity index (χ1n) is 11.1. The van der Waals surface area contributed by atoms with Gasteiger partial charge in [-0.15, -0.1) is 13.2 Å². The minimum absolute atomic E-state index is 0.271. The number of aryl methyl sites for hydroxylation is 1. The number of hydrogen-bond donors (Lipinski definition) is 0. The van der Waals surface area contributed by atoms with E-state index in [1.807, 2.05) is 26.8 Å². The van der Waals surface area contributed by atoms with E-state index in [9.17, 15) is 18.0 Å². The van der Waals surface area contributed by atoms with E-state index in [0.29, 0.717) is 31.9 Å². The Morgan fingerprint density at radius 1 is 1.06 bits per heavy atom. The molecular formula is C23H31F3N4O3. The van der Waals surface area contributed by atoms with Gasteiger partial charge < -0.3 is 19.3 Å². The van der Waals surface area contributed by atoms with Crippen LogP contribution in [0.5, 0.6) is 5.75 Å². The first-order valence-corrected chi connectivity index (χ1v) is 11.1. The molecule has 3 rings (SSSR count). The SMILES string of the molecule is CCCCc1cc(N2CCN(C(=O)OC(C)(C)C)CC2)nn1-c1ccc(OC(F)(F)F)cc1. The second-order valence-corrected chi connectivity index (χ2v) is 9.01. The van der Waals surface area contributed by atoms with Crippen molar-refractivity contribution in [3.05, 3.63) is 36.0 Å². The Bertz CT molecular complexity index is 928. The number of nitrogens with zero attached hydrogens (tertiary/aromatic N) is 4. The Kier molecular flexibility index (Phi) is 7.44. The third kappa shape index (κ3) is 7.03. The van der Waals surface area contributed by atoms with E-state index < -0.39 is 12.0 Å². The molecule has 0 aliphatic carbocycles. The van der Waals surface area contributed by atoms with E-state index in [1.165, 1.54) is 12.1 Å². The lowest BCUT2D eigenvalue weighted by Gasteiger charge is -2.35. The summed E-state index contributed by atoms with van der Waals surface area (Å²) in [6.07, 6.45) is -2.28. The monoisotopic (exact) mass is 468 g/mol. The van der Waals surface area contributed by atoms with Crippen molar-refractivity contribution in [1.82, 2.24) is 14.7 Å². The average molecular weight is 469 g/mol. The first-order chi connectivity index (χ1) is 15.4. The molecule has 10 heteroatoms. The summed E-state index contributed by atoms with van der Waals surface area (Å²) in [6, 6.07) is 7.71. The fourth-order valence-electron chi connectivity index (χ4n) is 3.55. The maximum Gasteiger partial charge on any atom is 0.573 e. The van der Waals surface area contributed by atoms with E-state index >= 15 is 0 Å². The summed E-state index contributed by atoms with van der Waals surface area (Å²) in [5, 5.41) is 4.74. The Morgan fingerprint density at radius 3 is 2.24 bits per heavy atom. The summed E-state index contributed by atoms with van der Waals surface area (Å²) in [6.45, 7) is 9.89. The number of unbranched alkanes of at least 4 members (excludes halogenated alkanes) is 1. The maximum absolute atomic E-state index is 12.5. The molecule has 182 valence electrons. The van der Waals surface area contributed by atoms with Gasteiger partial charge in [0.25, 0.3) is 0 Å². The summed E-state index contributed by atoms with van der Waals surface area (Å²) < 4.78 is 48.6. The Labute approximate surface area is 192 Å². The third-order valence-corrected chi connectivity index (χ3v) is 5.13. The molecule has 0 unspecified atom stereocenters. The number of ether oxygens (including phenoxy) is 2. The summed E-state index contributed by atoms with van der Waals surface area (Å²) in [4.78, 5) is 16.1. The van der Waals surface area contributed by atoms with Crippen molar-refractivity contribution in [3.8, 4) is 11.4 Å². The fourth-order valence-corrected chi connectivity index (χ4v) is 3.55. The summed E-state index contributed by atoms with van der Waals surface area (Å²) in [5.41, 5.74) is 1.10. The molecule has 2 aromatic rings. The molecule has 1 saturated heterocycles. The smallest absolute Gasteiger partial charge is 0.444 e. The van der Waals surface area contributed by atoms with Crippen LogP contribution in [0.15, 0.2) is 30.3 Å². The largest absolute Gasteiger partial charge is 0.573 e. The Morgan fingerprint density at radius 2 is 1.70 bits per heavy atom. The Balaban J connectivity index is 1.74. The number of amides is 1. The lowest BCUT2D eigenvalue weighted by atomic mass is 10.2. The van der Waals surface area contributed by atoms with Crippen molar-refractivity contribution in [2.24, 2.45) is 0 Å². The quantitative estimate of drug-likeness (QED) is 0.585. The zero-order valence-corrected chi connectivity index (χ0v) is 19.5. The van der Waals surface area contributed by atoms with Gasteiger partial charge in [0, 0.05) is 37.9 Å². The van der Waals surface area contributed by atoms with Crippen LogP contribution < -0.4 is 9.64 Å². The standard InChI is InChI=1S/C23H31F3N4O3/c1-5-6-7-18-16-20(28-12-14-29(15-13-28)21(31)33-22(2,3)4)27-30(18)17-8-10-19(11-9-17)32-23(24,25)26/h8-11,16H,5-7,12-15H2,1-4H3. The highest BCUT2D eigenvalue weighted by Crippen LogP contribution is 2.26. The van der Waals surface area contributed by atoms with Gasteiger partial charge in [-0.05, 0) is 57.9 Å². The van der Waals surface area contributed by atoms with Gasteiger partial charge in [0.2, 0.25) is 0 Å². The molecule has 0 saturated carbocycles. The highest BCUT2D eigenvalue weighted by molar-refractivity contribution is 5.68. The predicted molar refractivity (Wildman–Crippen MR) is 119 cm³/mol. The zero-order valence-electron chi connectivity index (χ0n) is 19.5. The van der Waals surface area contributed by atoms with E-state index in [1.54, 1.807) is 21.7 Å². The molecule has 0 N–H and O–H groups in total. The minimum atomic E-state index is -4.73. The van der Waals surface area contributed by atoms with E-state index in [-0.39, 0.29) is 11.8 Å². The third-order valence-electron chi connectivity index (χ3n) is 5.13. The molecule has 1 aliphatic heterocycles. The molecule has 0 spiro atoms. The lowest BCUT2D eigenvalue weighted by molar-refractivity contribution is -0.274. The summed E-state index contributed by atoms with van der Waals surface area (Å²) in [7, 11) is 0. The van der Waals surface area contributed by atoms with Gasteiger partial charge in [-0.1, -0.05) is 13.3 Å². The van der Waals surface area contributed by atoms with Crippen LogP contribution in [0.25, 0.3) is 5.69 Å². The van der Waals surface area contributed by atoms with Crippen molar-refractivity contribution in [1.29, 1.82) is 0 Å². The van der Waals surface area contributed by atoms with Crippen LogP contribution in [0.1, 0.15) is 46.2 Å². The number of benzene rings is 1. The molecule has 1 aliphatic rings. The number of aromatic nitrogens is 2. The van der Waals surface area contributed by atoms with Crippen molar-refractivity contribution in [3.63, 3.8) is 0 Å². The number of carbonyl (C=O) groups is 1. The molecule has 33 heavy (non-hydrogen) atoms. The molecule has 1 aromatic carbocycles. The van der Waals surface area contributed by atoms with Gasteiger partial charge in [-0.2, -0.15) is 5.10 Å². The molecule has 7 nitrogen and oxygen atoms in total. The molecule has 1 aromatic heterocycles. The topological polar surface area (TPSA) is 59.8 Å². The average Bonchev–Trinajstić information content (AvgIpc) is 3.14. The molecule has 1 amide bonds. The Hall–Kier alpha value is -2.91. The molecule has 0 atom stereocenters. The number of alkyl halides is 3. The van der Waals surface area contributed by atoms with Crippen molar-refractivity contribution < 1.29 is 27.4 Å². The molecule has 1 fully saturated rings. The van der Waals surface area contributed by atoms with Crippen LogP contribution in [-0.2, 0) is 11.2 Å². The van der Waals surface area contributed by atoms with Gasteiger partial charge in [-0.25, -0.2) is 9.48 Å². The number of rotatable bonds is 6. The van der Waals surface area contributed by atoms with Crippen LogP contribution in [0, 0.1) is 0 Å². The first kappa shape index (κ1) is 24.7. The lowest BCUT2D eigenvalue weighted by Crippen LogP contribution is -2.50. The van der Waals surface area contributed by atoms with E-state index in [2.05, 4.69) is 16.6 Å². The number of piperazine rings is 1.